The average Bonchev–Trinajstić information content (AvgIpc) is 2.91. The second-order valence-electron chi connectivity index (χ2n) is 5.24. The van der Waals surface area contributed by atoms with Crippen LogP contribution in [0.15, 0.2) is 12.1 Å². The number of hydrogen-bond donors (Lipinski definition) is 1. The van der Waals surface area contributed by atoms with Crippen molar-refractivity contribution in [3.05, 3.63) is 17.7 Å². The van der Waals surface area contributed by atoms with Crippen LogP contribution in [0.1, 0.15) is 45.6 Å². The molecule has 1 unspecified atom stereocenters. The number of hydrogen-bond acceptors (Lipinski definition) is 4. The van der Waals surface area contributed by atoms with E-state index in [1.54, 1.807) is 0 Å². The summed E-state index contributed by atoms with van der Waals surface area (Å²) in [5.74, 6) is 2.44. The summed E-state index contributed by atoms with van der Waals surface area (Å²) in [7, 11) is 0. The molecule has 0 aliphatic carbocycles. The molecule has 0 aromatic heterocycles. The highest BCUT2D eigenvalue weighted by molar-refractivity contribution is 5.52. The lowest BCUT2D eigenvalue weighted by Crippen LogP contribution is -2.22. The molecule has 1 aromatic rings. The predicted molar refractivity (Wildman–Crippen MR) is 79.5 cm³/mol. The molecular formula is C16H25NO3. The topological polar surface area (TPSA) is 53.7 Å². The van der Waals surface area contributed by atoms with Crippen LogP contribution in [0.25, 0.3) is 0 Å². The van der Waals surface area contributed by atoms with Crippen molar-refractivity contribution in [1.29, 1.82) is 0 Å². The van der Waals surface area contributed by atoms with Gasteiger partial charge in [0.25, 0.3) is 0 Å². The first-order valence-corrected chi connectivity index (χ1v) is 7.52. The minimum atomic E-state index is 0.138. The van der Waals surface area contributed by atoms with Crippen molar-refractivity contribution in [3.8, 4) is 17.2 Å². The van der Waals surface area contributed by atoms with Crippen molar-refractivity contribution in [2.45, 2.75) is 58.6 Å². The molecule has 20 heavy (non-hydrogen) atoms. The van der Waals surface area contributed by atoms with Crippen molar-refractivity contribution in [2.75, 3.05) is 6.79 Å². The van der Waals surface area contributed by atoms with E-state index in [9.17, 15) is 0 Å². The van der Waals surface area contributed by atoms with Gasteiger partial charge in [-0.2, -0.15) is 0 Å². The first-order chi connectivity index (χ1) is 9.67. The molecule has 0 bridgehead atoms. The molecule has 0 amide bonds. The van der Waals surface area contributed by atoms with Crippen LogP contribution < -0.4 is 19.9 Å². The molecule has 4 heteroatoms. The lowest BCUT2D eigenvalue weighted by molar-refractivity contribution is 0.173. The molecule has 1 aliphatic rings. The lowest BCUT2D eigenvalue weighted by Gasteiger charge is -2.20. The van der Waals surface area contributed by atoms with Gasteiger partial charge in [0.1, 0.15) is 5.75 Å². The summed E-state index contributed by atoms with van der Waals surface area (Å²) < 4.78 is 17.0. The fourth-order valence-electron chi connectivity index (χ4n) is 2.30. The Bertz CT molecular complexity index is 444. The normalized spacial score (nSPS) is 14.7. The Hall–Kier alpha value is -1.42. The second kappa shape index (κ2) is 6.84. The maximum absolute atomic E-state index is 6.12. The number of nitrogens with two attached hydrogens (primary N) is 1. The third-order valence-electron chi connectivity index (χ3n) is 3.77. The van der Waals surface area contributed by atoms with Gasteiger partial charge >= 0.3 is 0 Å². The van der Waals surface area contributed by atoms with Crippen molar-refractivity contribution in [3.63, 3.8) is 0 Å². The van der Waals surface area contributed by atoms with E-state index in [0.29, 0.717) is 0 Å². The van der Waals surface area contributed by atoms with Crippen LogP contribution in [0.5, 0.6) is 17.2 Å². The van der Waals surface area contributed by atoms with Gasteiger partial charge in [-0.15, -0.1) is 0 Å². The van der Waals surface area contributed by atoms with Gasteiger partial charge in [0.2, 0.25) is 6.79 Å². The molecule has 2 rings (SSSR count). The summed E-state index contributed by atoms with van der Waals surface area (Å²) in [6.45, 7) is 6.65. The third-order valence-corrected chi connectivity index (χ3v) is 3.77. The largest absolute Gasteiger partial charge is 0.490 e. The van der Waals surface area contributed by atoms with Crippen molar-refractivity contribution in [1.82, 2.24) is 0 Å². The molecule has 1 aromatic carbocycles. The van der Waals surface area contributed by atoms with Crippen molar-refractivity contribution in [2.24, 2.45) is 5.73 Å². The fraction of sp³-hybridized carbons (Fsp3) is 0.625. The number of fused-ring (bicyclic) bond motifs is 1. The van der Waals surface area contributed by atoms with Crippen LogP contribution >= 0.6 is 0 Å². The summed E-state index contributed by atoms with van der Waals surface area (Å²) >= 11 is 0. The van der Waals surface area contributed by atoms with E-state index < -0.39 is 0 Å². The summed E-state index contributed by atoms with van der Waals surface area (Å²) in [6.07, 6.45) is 3.95. The number of ether oxygens (including phenoxy) is 3. The lowest BCUT2D eigenvalue weighted by atomic mass is 10.0. The Morgan fingerprint density at radius 2 is 1.75 bits per heavy atom. The molecule has 1 heterocycles. The van der Waals surface area contributed by atoms with Crippen LogP contribution in [-0.4, -0.2) is 18.9 Å². The third kappa shape index (κ3) is 3.37. The molecule has 2 N–H and O–H groups in total. The second-order valence-corrected chi connectivity index (χ2v) is 5.24. The molecule has 0 saturated heterocycles. The summed E-state index contributed by atoms with van der Waals surface area (Å²) in [4.78, 5) is 0. The first-order valence-electron chi connectivity index (χ1n) is 7.52. The summed E-state index contributed by atoms with van der Waals surface area (Å²) in [5, 5.41) is 0. The van der Waals surface area contributed by atoms with Gasteiger partial charge < -0.3 is 19.9 Å². The van der Waals surface area contributed by atoms with Crippen LogP contribution in [0, 0.1) is 0 Å². The van der Waals surface area contributed by atoms with Gasteiger partial charge in [-0.1, -0.05) is 20.8 Å². The minimum absolute atomic E-state index is 0.138. The maximum atomic E-state index is 6.12. The molecule has 4 nitrogen and oxygen atoms in total. The Morgan fingerprint density at radius 3 is 2.35 bits per heavy atom. The highest BCUT2D eigenvalue weighted by Gasteiger charge is 2.20. The molecular weight excluding hydrogens is 254 g/mol. The van der Waals surface area contributed by atoms with E-state index in [-0.39, 0.29) is 18.9 Å². The van der Waals surface area contributed by atoms with Gasteiger partial charge in [-0.05, 0) is 37.3 Å². The van der Waals surface area contributed by atoms with Crippen LogP contribution in [0.2, 0.25) is 0 Å². The van der Waals surface area contributed by atoms with Gasteiger partial charge in [0.15, 0.2) is 11.5 Å². The van der Waals surface area contributed by atoms with Crippen LogP contribution in [0.3, 0.4) is 0 Å². The Labute approximate surface area is 121 Å². The highest BCUT2D eigenvalue weighted by Crippen LogP contribution is 2.39. The fourth-order valence-corrected chi connectivity index (χ4v) is 2.30. The van der Waals surface area contributed by atoms with E-state index in [4.69, 9.17) is 19.9 Å². The molecule has 0 spiro atoms. The minimum Gasteiger partial charge on any atom is -0.490 e. The summed E-state index contributed by atoms with van der Waals surface area (Å²) in [6, 6.07) is 4.09. The van der Waals surface area contributed by atoms with Gasteiger partial charge in [0, 0.05) is 12.1 Å². The molecule has 112 valence electrons. The van der Waals surface area contributed by atoms with Crippen LogP contribution in [0.4, 0.5) is 0 Å². The van der Waals surface area contributed by atoms with E-state index >= 15 is 0 Å². The van der Waals surface area contributed by atoms with Crippen molar-refractivity contribution >= 4 is 0 Å². The quantitative estimate of drug-likeness (QED) is 0.832. The van der Waals surface area contributed by atoms with E-state index in [0.717, 1.165) is 48.5 Å². The molecule has 0 radical (unpaired) electrons. The van der Waals surface area contributed by atoms with E-state index in [1.807, 2.05) is 12.1 Å². The molecule has 0 saturated carbocycles. The predicted octanol–water partition coefficient (Wildman–Crippen LogP) is 3.26. The molecule has 1 aliphatic heterocycles. The Kier molecular flexibility index (Phi) is 5.12. The zero-order chi connectivity index (χ0) is 14.5. The monoisotopic (exact) mass is 279 g/mol. The van der Waals surface area contributed by atoms with Crippen LogP contribution in [-0.2, 0) is 6.42 Å². The first kappa shape index (κ1) is 15.0. The molecule has 0 fully saturated rings. The van der Waals surface area contributed by atoms with Crippen molar-refractivity contribution < 1.29 is 14.2 Å². The van der Waals surface area contributed by atoms with Gasteiger partial charge in [-0.25, -0.2) is 0 Å². The number of rotatable bonds is 7. The van der Waals surface area contributed by atoms with E-state index in [2.05, 4.69) is 20.8 Å². The average molecular weight is 279 g/mol. The van der Waals surface area contributed by atoms with Gasteiger partial charge in [0.05, 0.1) is 6.10 Å². The van der Waals surface area contributed by atoms with Gasteiger partial charge in [-0.3, -0.25) is 0 Å². The number of benzene rings is 1. The summed E-state index contributed by atoms with van der Waals surface area (Å²) in [5.41, 5.74) is 7.19. The SMILES string of the molecule is CCC(N)Cc1cc2c(cc1OC(CC)CC)OCO2. The Balaban J connectivity index is 2.26. The molecule has 1 atom stereocenters. The standard InChI is InChI=1S/C16H25NO3/c1-4-12(17)7-11-8-15-16(19-10-18-15)9-14(11)20-13(5-2)6-3/h8-9,12-13H,4-7,10,17H2,1-3H3. The zero-order valence-corrected chi connectivity index (χ0v) is 12.6. The van der Waals surface area contributed by atoms with E-state index in [1.165, 1.54) is 0 Å². The highest BCUT2D eigenvalue weighted by atomic mass is 16.7. The zero-order valence-electron chi connectivity index (χ0n) is 12.6. The maximum Gasteiger partial charge on any atom is 0.231 e. The smallest absolute Gasteiger partial charge is 0.231 e. The Morgan fingerprint density at radius 1 is 1.10 bits per heavy atom.